The largest absolute Gasteiger partial charge is 0.361 e. The number of piperidine rings is 2. The third-order valence-corrected chi connectivity index (χ3v) is 14.8. The van der Waals surface area contributed by atoms with E-state index in [1.165, 1.54) is 16.2 Å². The van der Waals surface area contributed by atoms with Crippen LogP contribution < -0.4 is 0 Å². The summed E-state index contributed by atoms with van der Waals surface area (Å²) in [5.74, 6) is 1.47. The van der Waals surface area contributed by atoms with Crippen LogP contribution in [0.15, 0.2) is 106 Å². The zero-order chi connectivity index (χ0) is 35.1. The molecule has 0 bridgehead atoms. The fraction of sp³-hybridized carbons (Fsp3) is 0.389. The Morgan fingerprint density at radius 2 is 1.06 bits per heavy atom. The van der Waals surface area contributed by atoms with Crippen LogP contribution in [0.2, 0.25) is 0 Å². The molecule has 1 N–H and O–H groups in total. The van der Waals surface area contributed by atoms with Crippen molar-refractivity contribution >= 4 is 51.9 Å². The van der Waals surface area contributed by atoms with Crippen molar-refractivity contribution in [2.45, 2.75) is 55.2 Å². The predicted molar refractivity (Wildman–Crippen MR) is 193 cm³/mol. The van der Waals surface area contributed by atoms with E-state index in [4.69, 9.17) is 0 Å². The van der Waals surface area contributed by atoms with Gasteiger partial charge in [-0.2, -0.15) is 8.61 Å². The monoisotopic (exact) mass is 724 g/mol. The van der Waals surface area contributed by atoms with Crippen LogP contribution in [0.4, 0.5) is 0 Å². The Morgan fingerprint density at radius 3 is 1.61 bits per heavy atom. The molecular weight excluding hydrogens is 681 g/mol. The van der Waals surface area contributed by atoms with E-state index in [0.29, 0.717) is 65.6 Å². The maximum atomic E-state index is 13.1. The van der Waals surface area contributed by atoms with Crippen LogP contribution in [-0.4, -0.2) is 69.0 Å². The average Bonchev–Trinajstić information content (AvgIpc) is 3.71. The molecule has 2 aliphatic heterocycles. The molecule has 4 unspecified atom stereocenters. The predicted octanol–water partition coefficient (Wildman–Crippen LogP) is 6.38. The number of nitrogens with zero attached hydrogens (tertiary/aromatic N) is 3. The Labute approximate surface area is 289 Å². The lowest BCUT2D eigenvalue weighted by atomic mass is 9.94. The van der Waals surface area contributed by atoms with E-state index in [1.807, 2.05) is 18.3 Å². The number of aromatic amines is 1. The van der Waals surface area contributed by atoms with E-state index < -0.39 is 30.1 Å². The topological polar surface area (TPSA) is 130 Å². The summed E-state index contributed by atoms with van der Waals surface area (Å²) >= 11 is 0. The molecule has 0 aliphatic carbocycles. The highest BCUT2D eigenvalue weighted by atomic mass is 32.2. The van der Waals surface area contributed by atoms with Crippen molar-refractivity contribution in [3.63, 3.8) is 0 Å². The third-order valence-electron chi connectivity index (χ3n) is 9.40. The Hall–Kier alpha value is -3.49. The fourth-order valence-electron chi connectivity index (χ4n) is 7.27. The summed E-state index contributed by atoms with van der Waals surface area (Å²) in [5.41, 5.74) is 1.41. The zero-order valence-corrected chi connectivity index (χ0v) is 30.7. The van der Waals surface area contributed by atoms with Crippen LogP contribution in [0.1, 0.15) is 40.5 Å². The summed E-state index contributed by atoms with van der Waals surface area (Å²) in [5, 5.41) is 1.51. The minimum atomic E-state index is -3.75. The van der Waals surface area contributed by atoms with Crippen LogP contribution in [0.3, 0.4) is 0 Å². The second-order valence-electron chi connectivity index (χ2n) is 13.9. The summed E-state index contributed by atoms with van der Waals surface area (Å²) in [7, 11) is -10.7. The van der Waals surface area contributed by atoms with Gasteiger partial charge in [0.1, 0.15) is 0 Å². The summed E-state index contributed by atoms with van der Waals surface area (Å²) in [4.78, 5) is 3.86. The molecule has 10 nitrogen and oxygen atoms in total. The molecule has 4 heterocycles. The van der Waals surface area contributed by atoms with Crippen molar-refractivity contribution in [1.29, 1.82) is 0 Å². The highest BCUT2D eigenvalue weighted by Crippen LogP contribution is 2.31. The van der Waals surface area contributed by atoms with Gasteiger partial charge in [-0.05, 0) is 97.2 Å². The number of benzene rings is 3. The molecule has 0 radical (unpaired) electrons. The quantitative estimate of drug-likeness (QED) is 0.217. The zero-order valence-electron chi connectivity index (χ0n) is 28.2. The number of fused-ring (bicyclic) bond motifs is 2. The number of H-pyrrole nitrogens is 1. The van der Waals surface area contributed by atoms with Crippen molar-refractivity contribution in [2.75, 3.05) is 26.2 Å². The summed E-state index contributed by atoms with van der Waals surface area (Å²) < 4.78 is 82.1. The first kappa shape index (κ1) is 35.3. The van der Waals surface area contributed by atoms with Crippen LogP contribution >= 0.6 is 0 Å². The lowest BCUT2D eigenvalue weighted by Crippen LogP contribution is -2.42. The minimum absolute atomic E-state index is 0.186. The van der Waals surface area contributed by atoms with Crippen molar-refractivity contribution in [3.05, 3.63) is 91.3 Å². The fourth-order valence-corrected chi connectivity index (χ4v) is 12.1. The second-order valence-corrected chi connectivity index (χ2v) is 19.6. The van der Waals surface area contributed by atoms with E-state index in [1.54, 1.807) is 69.3 Å². The molecule has 2 aromatic heterocycles. The molecule has 4 atom stereocenters. The maximum absolute atomic E-state index is 13.1. The van der Waals surface area contributed by atoms with Crippen molar-refractivity contribution < 1.29 is 25.3 Å². The number of nitrogens with one attached hydrogen (secondary N) is 1. The van der Waals surface area contributed by atoms with Gasteiger partial charge in [-0.15, -0.1) is 0 Å². The van der Waals surface area contributed by atoms with Crippen molar-refractivity contribution in [2.24, 2.45) is 23.7 Å². The molecule has 0 amide bonds. The van der Waals surface area contributed by atoms with Crippen LogP contribution in [0.5, 0.6) is 0 Å². The molecule has 262 valence electrons. The van der Waals surface area contributed by atoms with E-state index >= 15 is 0 Å². The number of hydrogen-bond donors (Lipinski definition) is 1. The van der Waals surface area contributed by atoms with E-state index in [0.717, 1.165) is 23.7 Å². The van der Waals surface area contributed by atoms with Gasteiger partial charge in [0.15, 0.2) is 0 Å². The lowest BCUT2D eigenvalue weighted by Gasteiger charge is -2.34. The Balaban J connectivity index is 0.000000182. The molecular formula is C36H44N4O6S3. The normalized spacial score (nSPS) is 22.9. The molecule has 0 spiro atoms. The number of rotatable bonds is 6. The van der Waals surface area contributed by atoms with Gasteiger partial charge in [-0.1, -0.05) is 45.9 Å². The van der Waals surface area contributed by atoms with Gasteiger partial charge in [0.05, 0.1) is 20.2 Å². The van der Waals surface area contributed by atoms with Gasteiger partial charge in [-0.25, -0.2) is 29.2 Å². The Kier molecular flexibility index (Phi) is 9.86. The minimum Gasteiger partial charge on any atom is -0.361 e. The molecule has 3 aromatic carbocycles. The van der Waals surface area contributed by atoms with E-state index in [9.17, 15) is 25.3 Å². The molecule has 7 rings (SSSR count). The van der Waals surface area contributed by atoms with Gasteiger partial charge < -0.3 is 4.98 Å². The number of hydrogen-bond acceptors (Lipinski definition) is 6. The van der Waals surface area contributed by atoms with E-state index in [2.05, 4.69) is 32.7 Å². The summed E-state index contributed by atoms with van der Waals surface area (Å²) in [6.45, 7) is 10.6. The Bertz CT molecular complexity index is 2260. The molecule has 13 heteroatoms. The molecule has 0 saturated carbocycles. The van der Waals surface area contributed by atoms with Crippen molar-refractivity contribution in [3.8, 4) is 0 Å². The highest BCUT2D eigenvalue weighted by Gasteiger charge is 2.33. The van der Waals surface area contributed by atoms with Gasteiger partial charge in [0, 0.05) is 54.9 Å². The first-order chi connectivity index (χ1) is 23.2. The van der Waals surface area contributed by atoms with Gasteiger partial charge >= 0.3 is 0 Å². The SMILES string of the molecule is CC1CC(C)CN(S(=O)(=O)c2ccc3[nH]ccc3c2)C1.CC1CC(C)CN(S(=O)(=O)c2ccc3c(ccn3S(=O)(=O)c3ccccc3)c2)C1. The summed E-state index contributed by atoms with van der Waals surface area (Å²) in [6.07, 6.45) is 5.41. The highest BCUT2D eigenvalue weighted by molar-refractivity contribution is 7.90. The Morgan fingerprint density at radius 1 is 0.551 bits per heavy atom. The van der Waals surface area contributed by atoms with E-state index in [-0.39, 0.29) is 9.79 Å². The first-order valence-corrected chi connectivity index (χ1v) is 21.0. The van der Waals surface area contributed by atoms with Gasteiger partial charge in [0.25, 0.3) is 10.0 Å². The van der Waals surface area contributed by atoms with Crippen molar-refractivity contribution in [1.82, 2.24) is 17.6 Å². The molecule has 49 heavy (non-hydrogen) atoms. The van der Waals surface area contributed by atoms with Gasteiger partial charge in [-0.3, -0.25) is 0 Å². The summed E-state index contributed by atoms with van der Waals surface area (Å²) in [6, 6.07) is 21.6. The van der Waals surface area contributed by atoms with Crippen LogP contribution in [0.25, 0.3) is 21.8 Å². The van der Waals surface area contributed by atoms with Gasteiger partial charge in [0.2, 0.25) is 20.0 Å². The standard InChI is InChI=1S/C21H24N2O4S2.C15H20N2O2S/c1-16-12-17(2)15-22(14-16)28(24,25)20-8-9-21-18(13-20)10-11-23(21)29(26,27)19-6-4-3-5-7-19;1-11-7-12(2)10-17(9-11)20(18,19)14-3-4-15-13(8-14)5-6-16-15/h3-11,13,16-17H,12,14-15H2,1-2H3;3-6,8,11-12,16H,7,9-10H2,1-2H3. The molecule has 2 aliphatic rings. The average molecular weight is 725 g/mol. The number of aromatic nitrogens is 2. The molecule has 2 saturated heterocycles. The molecule has 5 aromatic rings. The lowest BCUT2D eigenvalue weighted by molar-refractivity contribution is 0.222. The van der Waals surface area contributed by atoms with Crippen LogP contribution in [-0.2, 0) is 30.1 Å². The first-order valence-electron chi connectivity index (χ1n) is 16.7. The maximum Gasteiger partial charge on any atom is 0.268 e. The van der Waals surface area contributed by atoms with Crippen LogP contribution in [0, 0.1) is 23.7 Å². The smallest absolute Gasteiger partial charge is 0.268 e. The second kappa shape index (κ2) is 13.7. The molecule has 2 fully saturated rings. The third kappa shape index (κ3) is 7.23. The number of sulfonamides is 2.